The van der Waals surface area contributed by atoms with Crippen molar-refractivity contribution in [2.24, 2.45) is 7.05 Å². The van der Waals surface area contributed by atoms with Gasteiger partial charge in [-0.3, -0.25) is 4.79 Å². The zero-order chi connectivity index (χ0) is 24.0. The third-order valence-electron chi connectivity index (χ3n) is 5.92. The molecule has 0 fully saturated rings. The molecule has 0 unspecified atom stereocenters. The van der Waals surface area contributed by atoms with E-state index in [1.165, 1.54) is 12.1 Å². The number of aromatic amines is 1. The molecule has 0 saturated heterocycles. The Kier molecular flexibility index (Phi) is 5.65. The Hall–Kier alpha value is -3.59. The number of aryl methyl sites for hydroxylation is 2. The average molecular weight is 480 g/mol. The maximum absolute atomic E-state index is 14.5. The Morgan fingerprint density at radius 2 is 2.00 bits per heavy atom. The minimum atomic E-state index is -0.607. The number of aromatic nitrogens is 4. The number of imidazole rings is 1. The minimum Gasteiger partial charge on any atom is -0.357 e. The Balaban J connectivity index is 1.74. The number of halogens is 2. The number of hydrogen-bond donors (Lipinski definition) is 2. The Bertz CT molecular complexity index is 1600. The second kappa shape index (κ2) is 8.64. The van der Waals surface area contributed by atoms with Gasteiger partial charge in [-0.2, -0.15) is 0 Å². The van der Waals surface area contributed by atoms with Crippen LogP contribution in [0, 0.1) is 18.6 Å². The molecule has 3 heterocycles. The van der Waals surface area contributed by atoms with Crippen molar-refractivity contribution in [3.63, 3.8) is 0 Å². The predicted molar refractivity (Wildman–Crippen MR) is 134 cm³/mol. The van der Waals surface area contributed by atoms with Crippen LogP contribution in [0.15, 0.2) is 53.6 Å². The van der Waals surface area contributed by atoms with E-state index in [0.717, 1.165) is 45.1 Å². The molecule has 0 aliphatic heterocycles. The molecule has 6 nitrogen and oxygen atoms in total. The molecule has 5 aromatic rings. The van der Waals surface area contributed by atoms with Crippen molar-refractivity contribution in [3.05, 3.63) is 82.2 Å². The Labute approximate surface area is 198 Å². The Morgan fingerprint density at radius 3 is 2.76 bits per heavy atom. The molecule has 0 bridgehead atoms. The number of hydrogen-bond acceptors (Lipinski definition) is 4. The maximum Gasteiger partial charge on any atom is 0.274 e. The van der Waals surface area contributed by atoms with E-state index in [4.69, 9.17) is 4.98 Å². The average Bonchev–Trinajstić information content (AvgIpc) is 3.41. The molecule has 5 rings (SSSR count). The van der Waals surface area contributed by atoms with Crippen LogP contribution >= 0.6 is 11.9 Å². The highest BCUT2D eigenvalue weighted by Crippen LogP contribution is 2.35. The number of H-pyrrole nitrogens is 1. The fourth-order valence-electron chi connectivity index (χ4n) is 4.24. The summed E-state index contributed by atoms with van der Waals surface area (Å²) >= 11 is 1.55. The van der Waals surface area contributed by atoms with Crippen LogP contribution in [0.2, 0.25) is 0 Å². The summed E-state index contributed by atoms with van der Waals surface area (Å²) in [6, 6.07) is 9.53. The number of pyridine rings is 1. The predicted octanol–water partition coefficient (Wildman–Crippen LogP) is 5.60. The van der Waals surface area contributed by atoms with Gasteiger partial charge in [-0.25, -0.2) is 13.8 Å². The molecule has 34 heavy (non-hydrogen) atoms. The van der Waals surface area contributed by atoms with Crippen LogP contribution in [0.4, 0.5) is 14.5 Å². The summed E-state index contributed by atoms with van der Waals surface area (Å²) in [5.74, 6) is 0.370. The van der Waals surface area contributed by atoms with Crippen molar-refractivity contribution in [3.8, 4) is 11.1 Å². The van der Waals surface area contributed by atoms with Gasteiger partial charge in [0.15, 0.2) is 0 Å². The first kappa shape index (κ1) is 22.2. The highest BCUT2D eigenvalue weighted by Gasteiger charge is 2.18. The molecule has 0 saturated carbocycles. The molecular weight excluding hydrogens is 456 g/mol. The second-order valence-electron chi connectivity index (χ2n) is 8.13. The third-order valence-corrected chi connectivity index (χ3v) is 6.57. The Morgan fingerprint density at radius 1 is 1.18 bits per heavy atom. The summed E-state index contributed by atoms with van der Waals surface area (Å²) < 4.78 is 34.8. The lowest BCUT2D eigenvalue weighted by Gasteiger charge is -2.13. The van der Waals surface area contributed by atoms with E-state index in [0.29, 0.717) is 16.9 Å². The van der Waals surface area contributed by atoms with Crippen LogP contribution in [0.3, 0.4) is 0 Å². The van der Waals surface area contributed by atoms with Crippen LogP contribution in [0.1, 0.15) is 18.3 Å². The summed E-state index contributed by atoms with van der Waals surface area (Å²) in [6.45, 7) is 4.13. The van der Waals surface area contributed by atoms with Gasteiger partial charge in [-0.1, -0.05) is 24.9 Å². The van der Waals surface area contributed by atoms with Crippen LogP contribution in [0.25, 0.3) is 33.1 Å². The molecule has 0 amide bonds. The largest absolute Gasteiger partial charge is 0.357 e. The van der Waals surface area contributed by atoms with Crippen molar-refractivity contribution in [1.82, 2.24) is 19.1 Å². The smallest absolute Gasteiger partial charge is 0.274 e. The summed E-state index contributed by atoms with van der Waals surface area (Å²) in [7, 11) is 1.72. The monoisotopic (exact) mass is 479 g/mol. The fraction of sp³-hybridized carbons (Fsp3) is 0.200. The van der Waals surface area contributed by atoms with Gasteiger partial charge in [-0.15, -0.1) is 0 Å². The van der Waals surface area contributed by atoms with Crippen molar-refractivity contribution in [1.29, 1.82) is 0 Å². The van der Waals surface area contributed by atoms with E-state index in [1.54, 1.807) is 29.8 Å². The summed E-state index contributed by atoms with van der Waals surface area (Å²) in [5.41, 5.74) is 5.01. The van der Waals surface area contributed by atoms with Crippen LogP contribution < -0.4 is 10.3 Å². The minimum absolute atomic E-state index is 0.0996. The number of anilines is 1. The first-order valence-electron chi connectivity index (χ1n) is 10.9. The molecule has 0 aliphatic carbocycles. The van der Waals surface area contributed by atoms with Crippen molar-refractivity contribution in [2.45, 2.75) is 20.4 Å². The van der Waals surface area contributed by atoms with Gasteiger partial charge in [-0.05, 0) is 36.8 Å². The number of nitrogens with zero attached hydrogens (tertiary/aromatic N) is 3. The molecule has 0 radical (unpaired) electrons. The van der Waals surface area contributed by atoms with E-state index in [2.05, 4.69) is 16.6 Å². The normalized spacial score (nSPS) is 11.6. The summed E-state index contributed by atoms with van der Waals surface area (Å²) in [4.78, 5) is 20.3. The zero-order valence-electron chi connectivity index (χ0n) is 18.9. The SMILES string of the molecule is CCSNc1cc(-c2cn(C)c(=O)c3[nH]ccc23)cc2c1nc(C)n2Cc1ccc(F)cc1F. The van der Waals surface area contributed by atoms with Crippen LogP contribution in [-0.4, -0.2) is 24.9 Å². The van der Waals surface area contributed by atoms with Gasteiger partial charge < -0.3 is 18.8 Å². The highest BCUT2D eigenvalue weighted by atomic mass is 32.2. The lowest BCUT2D eigenvalue weighted by atomic mass is 10.0. The van der Waals surface area contributed by atoms with Gasteiger partial charge >= 0.3 is 0 Å². The van der Waals surface area contributed by atoms with Gasteiger partial charge in [0, 0.05) is 47.8 Å². The number of fused-ring (bicyclic) bond motifs is 2. The van der Waals surface area contributed by atoms with Gasteiger partial charge in [0.1, 0.15) is 28.5 Å². The van der Waals surface area contributed by atoms with E-state index in [1.807, 2.05) is 35.9 Å². The van der Waals surface area contributed by atoms with E-state index in [9.17, 15) is 13.6 Å². The molecule has 9 heteroatoms. The molecule has 3 aromatic heterocycles. The van der Waals surface area contributed by atoms with Crippen LogP contribution in [-0.2, 0) is 13.6 Å². The number of nitrogens with one attached hydrogen (secondary N) is 2. The fourth-order valence-corrected chi connectivity index (χ4v) is 4.70. The standard InChI is InChI=1S/C25H23F2N5OS/c1-4-34-30-21-9-16(19-13-31(3)25(33)23-18(19)7-8-28-23)10-22-24(21)29-14(2)32(22)12-15-5-6-17(26)11-20(15)27/h5-11,13,28,30H,4,12H2,1-3H3. The van der Waals surface area contributed by atoms with Crippen molar-refractivity contribution < 1.29 is 8.78 Å². The number of benzene rings is 2. The van der Waals surface area contributed by atoms with Gasteiger partial charge in [0.25, 0.3) is 5.56 Å². The summed E-state index contributed by atoms with van der Waals surface area (Å²) in [5, 5.41) is 0.823. The maximum atomic E-state index is 14.5. The van der Waals surface area contributed by atoms with Crippen molar-refractivity contribution >= 4 is 39.6 Å². The lowest BCUT2D eigenvalue weighted by Crippen LogP contribution is -2.16. The second-order valence-corrected chi connectivity index (χ2v) is 9.20. The molecule has 174 valence electrons. The van der Waals surface area contributed by atoms with E-state index in [-0.39, 0.29) is 12.1 Å². The zero-order valence-corrected chi connectivity index (χ0v) is 19.8. The highest BCUT2D eigenvalue weighted by molar-refractivity contribution is 8.00. The number of rotatable bonds is 6. The molecule has 0 aliphatic rings. The first-order valence-corrected chi connectivity index (χ1v) is 11.9. The van der Waals surface area contributed by atoms with Crippen LogP contribution in [0.5, 0.6) is 0 Å². The molecule has 0 atom stereocenters. The molecule has 2 aromatic carbocycles. The molecule has 0 spiro atoms. The van der Waals surface area contributed by atoms with Gasteiger partial charge in [0.05, 0.1) is 17.7 Å². The van der Waals surface area contributed by atoms with E-state index < -0.39 is 11.6 Å². The molecular formula is C25H23F2N5OS. The van der Waals surface area contributed by atoms with E-state index >= 15 is 0 Å². The molecule has 2 N–H and O–H groups in total. The third kappa shape index (κ3) is 3.75. The quantitative estimate of drug-likeness (QED) is 0.311. The summed E-state index contributed by atoms with van der Waals surface area (Å²) in [6.07, 6.45) is 3.58. The topological polar surface area (TPSA) is 67.6 Å². The van der Waals surface area contributed by atoms with Crippen molar-refractivity contribution in [2.75, 3.05) is 10.5 Å². The first-order chi connectivity index (χ1) is 16.4. The lowest BCUT2D eigenvalue weighted by molar-refractivity contribution is 0.566. The van der Waals surface area contributed by atoms with Gasteiger partial charge in [0.2, 0.25) is 0 Å².